The van der Waals surface area contributed by atoms with Gasteiger partial charge >= 0.3 is 0 Å². The van der Waals surface area contributed by atoms with Crippen molar-refractivity contribution in [1.82, 2.24) is 14.1 Å². The number of nitrogens with zero attached hydrogens (tertiary/aromatic N) is 4. The lowest BCUT2D eigenvalue weighted by molar-refractivity contribution is 1.15. The van der Waals surface area contributed by atoms with E-state index in [0.717, 1.165) is 44.7 Å². The zero-order chi connectivity index (χ0) is 26.6. The van der Waals surface area contributed by atoms with Gasteiger partial charge in [0.25, 0.3) is 0 Å². The molecule has 5 aromatic carbocycles. The second-order valence-corrected chi connectivity index (χ2v) is 9.98. The molecule has 0 aliphatic carbocycles. The smallest absolute Gasteiger partial charge is 0.101 e. The lowest BCUT2D eigenvalue weighted by Gasteiger charge is -2.13. The number of hydrogen-bond acceptors (Lipinski definition) is 2. The van der Waals surface area contributed by atoms with Crippen molar-refractivity contribution >= 4 is 43.6 Å². The van der Waals surface area contributed by atoms with Crippen LogP contribution in [0.15, 0.2) is 134 Å². The zero-order valence-corrected chi connectivity index (χ0v) is 21.5. The Morgan fingerprint density at radius 1 is 0.525 bits per heavy atom. The third kappa shape index (κ3) is 3.22. The Kier molecular flexibility index (Phi) is 4.85. The van der Waals surface area contributed by atoms with Crippen LogP contribution in [-0.4, -0.2) is 14.1 Å². The minimum absolute atomic E-state index is 0.619. The summed E-state index contributed by atoms with van der Waals surface area (Å²) >= 11 is 0. The highest BCUT2D eigenvalue weighted by Gasteiger charge is 2.17. The third-order valence-corrected chi connectivity index (χ3v) is 7.82. The van der Waals surface area contributed by atoms with Gasteiger partial charge in [0.2, 0.25) is 0 Å². The normalized spacial score (nSPS) is 11.5. The van der Waals surface area contributed by atoms with E-state index in [4.69, 9.17) is 4.98 Å². The number of para-hydroxylation sites is 4. The topological polar surface area (TPSA) is 46.5 Å². The minimum Gasteiger partial charge on any atom is -0.309 e. The van der Waals surface area contributed by atoms with Crippen molar-refractivity contribution in [1.29, 1.82) is 5.26 Å². The number of fused-ring (bicyclic) bond motifs is 6. The number of nitriles is 1. The molecule has 8 aromatic rings. The van der Waals surface area contributed by atoms with Gasteiger partial charge < -0.3 is 9.13 Å². The lowest BCUT2D eigenvalue weighted by Crippen LogP contribution is -1.99. The van der Waals surface area contributed by atoms with E-state index in [2.05, 4.69) is 118 Å². The standard InChI is InChI=1S/C36H22N4/c37-23-25-18-17-24(21-36(25)40-34-15-7-3-11-29(34)30-12-4-8-16-35(30)40)31-22-26(19-20-38-31)39-32-13-5-1-9-27(32)28-10-2-6-14-33(28)39/h1-22H. The zero-order valence-electron chi connectivity index (χ0n) is 21.5. The van der Waals surface area contributed by atoms with Crippen LogP contribution in [0, 0.1) is 11.3 Å². The van der Waals surface area contributed by atoms with Gasteiger partial charge in [-0.25, -0.2) is 0 Å². The molecule has 0 amide bonds. The van der Waals surface area contributed by atoms with Gasteiger partial charge in [-0.05, 0) is 48.5 Å². The Morgan fingerprint density at radius 3 is 1.55 bits per heavy atom. The number of hydrogen-bond donors (Lipinski definition) is 0. The van der Waals surface area contributed by atoms with Crippen LogP contribution in [0.5, 0.6) is 0 Å². The molecule has 0 N–H and O–H groups in total. The predicted octanol–water partition coefficient (Wildman–Crippen LogP) is 8.81. The highest BCUT2D eigenvalue weighted by molar-refractivity contribution is 6.10. The summed E-state index contributed by atoms with van der Waals surface area (Å²) in [6.07, 6.45) is 1.87. The highest BCUT2D eigenvalue weighted by Crippen LogP contribution is 2.36. The van der Waals surface area contributed by atoms with Gasteiger partial charge in [-0.1, -0.05) is 78.9 Å². The summed E-state index contributed by atoms with van der Waals surface area (Å²) < 4.78 is 4.50. The molecule has 186 valence electrons. The molecule has 4 heteroatoms. The van der Waals surface area contributed by atoms with Gasteiger partial charge in [0.15, 0.2) is 0 Å². The van der Waals surface area contributed by atoms with Gasteiger partial charge in [-0.2, -0.15) is 5.26 Å². The molecular formula is C36H22N4. The molecule has 0 aliphatic heterocycles. The van der Waals surface area contributed by atoms with Gasteiger partial charge in [-0.3, -0.25) is 4.98 Å². The van der Waals surface area contributed by atoms with Crippen molar-refractivity contribution in [3.63, 3.8) is 0 Å². The molecule has 0 spiro atoms. The van der Waals surface area contributed by atoms with Crippen molar-refractivity contribution in [2.24, 2.45) is 0 Å². The summed E-state index contributed by atoms with van der Waals surface area (Å²) in [5.41, 5.74) is 8.79. The van der Waals surface area contributed by atoms with Crippen LogP contribution in [0.3, 0.4) is 0 Å². The number of pyridine rings is 1. The van der Waals surface area contributed by atoms with Crippen molar-refractivity contribution in [2.75, 3.05) is 0 Å². The molecule has 0 saturated carbocycles. The molecule has 0 radical (unpaired) electrons. The monoisotopic (exact) mass is 510 g/mol. The number of benzene rings is 5. The Morgan fingerprint density at radius 2 is 1.02 bits per heavy atom. The molecule has 0 atom stereocenters. The Balaban J connectivity index is 1.35. The molecule has 0 unspecified atom stereocenters. The molecular weight excluding hydrogens is 488 g/mol. The van der Waals surface area contributed by atoms with Crippen LogP contribution in [0.1, 0.15) is 5.56 Å². The Bertz CT molecular complexity index is 2190. The van der Waals surface area contributed by atoms with Gasteiger partial charge in [-0.15, -0.1) is 0 Å². The third-order valence-electron chi connectivity index (χ3n) is 7.82. The molecule has 4 nitrogen and oxygen atoms in total. The van der Waals surface area contributed by atoms with Crippen LogP contribution >= 0.6 is 0 Å². The predicted molar refractivity (Wildman–Crippen MR) is 163 cm³/mol. The average Bonchev–Trinajstić information content (AvgIpc) is 3.54. The Hall–Kier alpha value is -5.66. The SMILES string of the molecule is N#Cc1ccc(-c2cc(-n3c4ccccc4c4ccccc43)ccn2)cc1-n1c2ccccc2c2ccccc21. The number of aromatic nitrogens is 3. The second kappa shape index (κ2) is 8.69. The van der Waals surface area contributed by atoms with E-state index < -0.39 is 0 Å². The summed E-state index contributed by atoms with van der Waals surface area (Å²) in [5.74, 6) is 0. The maximum atomic E-state index is 10.1. The maximum Gasteiger partial charge on any atom is 0.101 e. The van der Waals surface area contributed by atoms with Gasteiger partial charge in [0, 0.05) is 39.0 Å². The fourth-order valence-electron chi connectivity index (χ4n) is 6.07. The van der Waals surface area contributed by atoms with Crippen LogP contribution < -0.4 is 0 Å². The number of rotatable bonds is 3. The molecule has 0 saturated heterocycles. The summed E-state index contributed by atoms with van der Waals surface area (Å²) in [6, 6.07) is 46.3. The fraction of sp³-hybridized carbons (Fsp3) is 0. The van der Waals surface area contributed by atoms with E-state index in [9.17, 15) is 5.26 Å². The first-order chi connectivity index (χ1) is 19.8. The molecule has 8 rings (SSSR count). The summed E-state index contributed by atoms with van der Waals surface area (Å²) in [4.78, 5) is 4.78. The van der Waals surface area contributed by atoms with Gasteiger partial charge in [0.1, 0.15) is 6.07 Å². The van der Waals surface area contributed by atoms with E-state index in [1.165, 1.54) is 21.5 Å². The summed E-state index contributed by atoms with van der Waals surface area (Å²) in [5, 5.41) is 14.9. The Labute approximate surface area is 230 Å². The van der Waals surface area contributed by atoms with E-state index in [1.807, 2.05) is 30.5 Å². The lowest BCUT2D eigenvalue weighted by atomic mass is 10.1. The van der Waals surface area contributed by atoms with Crippen molar-refractivity contribution in [3.8, 4) is 28.7 Å². The first-order valence-electron chi connectivity index (χ1n) is 13.3. The van der Waals surface area contributed by atoms with Crippen molar-refractivity contribution in [3.05, 3.63) is 139 Å². The van der Waals surface area contributed by atoms with Crippen LogP contribution in [0.4, 0.5) is 0 Å². The first-order valence-corrected chi connectivity index (χ1v) is 13.3. The molecule has 3 heterocycles. The van der Waals surface area contributed by atoms with Crippen molar-refractivity contribution in [2.45, 2.75) is 0 Å². The van der Waals surface area contributed by atoms with E-state index in [-0.39, 0.29) is 0 Å². The van der Waals surface area contributed by atoms with Crippen LogP contribution in [0.25, 0.3) is 66.2 Å². The van der Waals surface area contributed by atoms with E-state index in [0.29, 0.717) is 5.56 Å². The summed E-state index contributed by atoms with van der Waals surface area (Å²) in [7, 11) is 0. The fourth-order valence-corrected chi connectivity index (χ4v) is 6.07. The minimum atomic E-state index is 0.619. The summed E-state index contributed by atoms with van der Waals surface area (Å²) in [6.45, 7) is 0. The molecule has 3 aromatic heterocycles. The average molecular weight is 511 g/mol. The van der Waals surface area contributed by atoms with Crippen molar-refractivity contribution < 1.29 is 0 Å². The van der Waals surface area contributed by atoms with E-state index in [1.54, 1.807) is 0 Å². The maximum absolute atomic E-state index is 10.1. The van der Waals surface area contributed by atoms with E-state index >= 15 is 0 Å². The van der Waals surface area contributed by atoms with Gasteiger partial charge in [0.05, 0.1) is 39.0 Å². The van der Waals surface area contributed by atoms with Crippen LogP contribution in [-0.2, 0) is 0 Å². The van der Waals surface area contributed by atoms with Crippen LogP contribution in [0.2, 0.25) is 0 Å². The second-order valence-electron chi connectivity index (χ2n) is 9.98. The molecule has 40 heavy (non-hydrogen) atoms. The highest BCUT2D eigenvalue weighted by atomic mass is 15.0. The quantitative estimate of drug-likeness (QED) is 0.238. The largest absolute Gasteiger partial charge is 0.309 e. The molecule has 0 fully saturated rings. The first kappa shape index (κ1) is 22.3. The molecule has 0 aliphatic rings. The molecule has 0 bridgehead atoms.